The van der Waals surface area contributed by atoms with Crippen molar-refractivity contribution >= 4 is 15.8 Å². The van der Waals surface area contributed by atoms with Gasteiger partial charge in [-0.2, -0.15) is 0 Å². The number of sulfonamides is 1. The number of ketones is 1. The van der Waals surface area contributed by atoms with E-state index in [0.29, 0.717) is 17.0 Å². The Kier molecular flexibility index (Phi) is 5.38. The van der Waals surface area contributed by atoms with Crippen LogP contribution in [-0.4, -0.2) is 30.7 Å². The average molecular weight is 385 g/mol. The third-order valence-corrected chi connectivity index (χ3v) is 5.21. The Hall–Kier alpha value is -2.97. The lowest BCUT2D eigenvalue weighted by Gasteiger charge is -2.09. The number of hydrogen-bond acceptors (Lipinski definition) is 5. The minimum atomic E-state index is -4.14. The van der Waals surface area contributed by atoms with Gasteiger partial charge in [-0.15, -0.1) is 0 Å². The van der Waals surface area contributed by atoms with E-state index >= 15 is 0 Å². The molecule has 1 aromatic heterocycles. The monoisotopic (exact) mass is 385 g/mol. The Morgan fingerprint density at radius 1 is 1.07 bits per heavy atom. The highest BCUT2D eigenvalue weighted by Gasteiger charge is 2.20. The Bertz CT molecular complexity index is 1090. The van der Waals surface area contributed by atoms with Crippen LogP contribution in [0, 0.1) is 12.7 Å². The molecule has 3 rings (SSSR count). The lowest BCUT2D eigenvalue weighted by molar-refractivity contribution is 0.0997. The molecule has 0 bridgehead atoms. The quantitative estimate of drug-likeness (QED) is 0.659. The van der Waals surface area contributed by atoms with Crippen LogP contribution in [-0.2, 0) is 10.0 Å². The summed E-state index contributed by atoms with van der Waals surface area (Å²) in [6.07, 6.45) is 3.18. The Labute approximate surface area is 156 Å². The Balaban J connectivity index is 1.81. The maximum absolute atomic E-state index is 13.7. The number of halogens is 1. The standard InChI is InChI=1S/C19H16FN3O3S/c1-13-9-14(11-15(10-13)19-21-7-4-8-22-19)17(24)12-23-27(25,26)18-6-3-2-5-16(18)20/h2-11,23H,12H2,1H3. The molecule has 6 nitrogen and oxygen atoms in total. The molecule has 0 aliphatic carbocycles. The molecule has 1 heterocycles. The van der Waals surface area contributed by atoms with Gasteiger partial charge >= 0.3 is 0 Å². The first-order chi connectivity index (χ1) is 12.9. The highest BCUT2D eigenvalue weighted by atomic mass is 32.2. The third kappa shape index (κ3) is 4.42. The van der Waals surface area contributed by atoms with Crippen molar-refractivity contribution in [1.29, 1.82) is 0 Å². The van der Waals surface area contributed by atoms with Gasteiger partial charge in [0.1, 0.15) is 10.7 Å². The number of nitrogens with one attached hydrogen (secondary N) is 1. The first-order valence-corrected chi connectivity index (χ1v) is 9.51. The Morgan fingerprint density at radius 3 is 2.48 bits per heavy atom. The van der Waals surface area contributed by atoms with Crippen LogP contribution in [0.15, 0.2) is 65.8 Å². The predicted molar refractivity (Wildman–Crippen MR) is 98.1 cm³/mol. The van der Waals surface area contributed by atoms with Crippen LogP contribution in [0.5, 0.6) is 0 Å². The number of carbonyl (C=O) groups excluding carboxylic acids is 1. The zero-order valence-corrected chi connectivity index (χ0v) is 15.2. The number of rotatable bonds is 6. The molecule has 0 atom stereocenters. The van der Waals surface area contributed by atoms with Crippen molar-refractivity contribution in [3.63, 3.8) is 0 Å². The fourth-order valence-corrected chi connectivity index (χ4v) is 3.58. The molecule has 0 aliphatic rings. The van der Waals surface area contributed by atoms with Gasteiger partial charge in [0.15, 0.2) is 11.6 Å². The fourth-order valence-electron chi connectivity index (χ4n) is 2.52. The minimum absolute atomic E-state index is 0.314. The molecule has 27 heavy (non-hydrogen) atoms. The van der Waals surface area contributed by atoms with Crippen molar-refractivity contribution in [2.45, 2.75) is 11.8 Å². The number of carbonyl (C=O) groups is 1. The summed E-state index contributed by atoms with van der Waals surface area (Å²) in [4.78, 5) is 20.3. The van der Waals surface area contributed by atoms with Crippen molar-refractivity contribution in [2.75, 3.05) is 6.54 Å². The maximum Gasteiger partial charge on any atom is 0.243 e. The summed E-state index contributed by atoms with van der Waals surface area (Å²) in [5, 5.41) is 0. The molecule has 138 valence electrons. The number of benzene rings is 2. The molecule has 0 amide bonds. The third-order valence-electron chi connectivity index (χ3n) is 3.77. The minimum Gasteiger partial charge on any atom is -0.293 e. The first-order valence-electron chi connectivity index (χ1n) is 8.03. The second kappa shape index (κ2) is 7.73. The van der Waals surface area contributed by atoms with Gasteiger partial charge in [-0.3, -0.25) is 4.79 Å². The molecule has 0 fully saturated rings. The number of nitrogens with zero attached hydrogens (tertiary/aromatic N) is 2. The largest absolute Gasteiger partial charge is 0.293 e. The second-order valence-corrected chi connectivity index (χ2v) is 7.57. The number of Topliss-reactive ketones (excluding diaryl/α,β-unsaturated/α-hetero) is 1. The van der Waals surface area contributed by atoms with E-state index in [1.807, 2.05) is 13.0 Å². The molecule has 0 saturated heterocycles. The summed E-state index contributed by atoms with van der Waals surface area (Å²) in [7, 11) is -4.14. The van der Waals surface area contributed by atoms with Crippen molar-refractivity contribution in [1.82, 2.24) is 14.7 Å². The number of aromatic nitrogens is 2. The molecule has 0 aliphatic heterocycles. The van der Waals surface area contributed by atoms with Crippen molar-refractivity contribution in [3.05, 3.63) is 77.9 Å². The lowest BCUT2D eigenvalue weighted by atomic mass is 10.0. The topological polar surface area (TPSA) is 89.0 Å². The summed E-state index contributed by atoms with van der Waals surface area (Å²) < 4.78 is 40.3. The van der Waals surface area contributed by atoms with E-state index in [1.165, 1.54) is 12.1 Å². The highest BCUT2D eigenvalue weighted by molar-refractivity contribution is 7.89. The zero-order chi connectivity index (χ0) is 19.4. The summed E-state index contributed by atoms with van der Waals surface area (Å²) in [6, 6.07) is 11.7. The SMILES string of the molecule is Cc1cc(C(=O)CNS(=O)(=O)c2ccccc2F)cc(-c2ncccn2)c1. The van der Waals surface area contributed by atoms with Gasteiger partial charge in [0.05, 0.1) is 6.54 Å². The zero-order valence-electron chi connectivity index (χ0n) is 14.4. The van der Waals surface area contributed by atoms with Crippen LogP contribution in [0.2, 0.25) is 0 Å². The maximum atomic E-state index is 13.7. The summed E-state index contributed by atoms with van der Waals surface area (Å²) in [6.45, 7) is 1.32. The van der Waals surface area contributed by atoms with Crippen LogP contribution in [0.25, 0.3) is 11.4 Å². The molecule has 2 aromatic carbocycles. The van der Waals surface area contributed by atoms with Crippen LogP contribution < -0.4 is 4.72 Å². The fraction of sp³-hybridized carbons (Fsp3) is 0.105. The highest BCUT2D eigenvalue weighted by Crippen LogP contribution is 2.19. The number of aryl methyl sites for hydroxylation is 1. The van der Waals surface area contributed by atoms with Crippen molar-refractivity contribution < 1.29 is 17.6 Å². The van der Waals surface area contributed by atoms with Gasteiger partial charge in [-0.05, 0) is 48.9 Å². The van der Waals surface area contributed by atoms with E-state index in [2.05, 4.69) is 14.7 Å². The predicted octanol–water partition coefficient (Wildman–Crippen LogP) is 2.75. The summed E-state index contributed by atoms with van der Waals surface area (Å²) in [5.41, 5.74) is 1.77. The van der Waals surface area contributed by atoms with Gasteiger partial charge in [0.2, 0.25) is 10.0 Å². The van der Waals surface area contributed by atoms with E-state index in [1.54, 1.807) is 30.6 Å². The van der Waals surface area contributed by atoms with Crippen LogP contribution in [0.4, 0.5) is 4.39 Å². The van der Waals surface area contributed by atoms with Crippen molar-refractivity contribution in [2.24, 2.45) is 0 Å². The number of hydrogen-bond donors (Lipinski definition) is 1. The summed E-state index contributed by atoms with van der Waals surface area (Å²) in [5.74, 6) is -0.866. The summed E-state index contributed by atoms with van der Waals surface area (Å²) >= 11 is 0. The Morgan fingerprint density at radius 2 is 1.78 bits per heavy atom. The normalized spacial score (nSPS) is 11.3. The lowest BCUT2D eigenvalue weighted by Crippen LogP contribution is -2.30. The van der Waals surface area contributed by atoms with Gasteiger partial charge < -0.3 is 0 Å². The van der Waals surface area contributed by atoms with Gasteiger partial charge in [0.25, 0.3) is 0 Å². The molecule has 8 heteroatoms. The smallest absolute Gasteiger partial charge is 0.243 e. The molecule has 0 saturated carbocycles. The average Bonchev–Trinajstić information content (AvgIpc) is 2.66. The second-order valence-electron chi connectivity index (χ2n) is 5.84. The van der Waals surface area contributed by atoms with E-state index < -0.39 is 33.1 Å². The van der Waals surface area contributed by atoms with E-state index in [-0.39, 0.29) is 0 Å². The van der Waals surface area contributed by atoms with Crippen LogP contribution in [0.3, 0.4) is 0 Å². The van der Waals surface area contributed by atoms with Gasteiger partial charge in [-0.1, -0.05) is 12.1 Å². The van der Waals surface area contributed by atoms with Crippen LogP contribution in [0.1, 0.15) is 15.9 Å². The van der Waals surface area contributed by atoms with Gasteiger partial charge in [-0.25, -0.2) is 27.5 Å². The molecular formula is C19H16FN3O3S. The first kappa shape index (κ1) is 18.8. The molecular weight excluding hydrogens is 369 g/mol. The molecule has 1 N–H and O–H groups in total. The molecule has 0 unspecified atom stereocenters. The molecule has 3 aromatic rings. The van der Waals surface area contributed by atoms with E-state index in [4.69, 9.17) is 0 Å². The molecule has 0 radical (unpaired) electrons. The van der Waals surface area contributed by atoms with Crippen molar-refractivity contribution in [3.8, 4) is 11.4 Å². The van der Waals surface area contributed by atoms with Gasteiger partial charge in [0, 0.05) is 23.5 Å². The van der Waals surface area contributed by atoms with E-state index in [9.17, 15) is 17.6 Å². The molecule has 0 spiro atoms. The van der Waals surface area contributed by atoms with E-state index in [0.717, 1.165) is 17.7 Å². The van der Waals surface area contributed by atoms with Crippen LogP contribution >= 0.6 is 0 Å².